The van der Waals surface area contributed by atoms with E-state index in [-0.39, 0.29) is 11.3 Å². The van der Waals surface area contributed by atoms with Gasteiger partial charge in [0, 0.05) is 6.20 Å². The van der Waals surface area contributed by atoms with Gasteiger partial charge in [0.25, 0.3) is 5.56 Å². The SMILES string of the molecule is O=c1[nH]c(=O)n([C@@H]2O[C@H](CO)[C@@H](O)[C@H]2O)cc1-c1ccc(O)cc1. The molecule has 9 heteroatoms. The summed E-state index contributed by atoms with van der Waals surface area (Å²) in [6, 6.07) is 5.76. The fourth-order valence-electron chi connectivity index (χ4n) is 2.63. The van der Waals surface area contributed by atoms with E-state index < -0.39 is 42.4 Å². The number of nitrogens with zero attached hydrogens (tertiary/aromatic N) is 1. The van der Waals surface area contributed by atoms with Crippen LogP contribution < -0.4 is 11.2 Å². The molecule has 1 aliphatic heterocycles. The molecule has 1 aliphatic rings. The molecular formula is C15H16N2O7. The molecule has 5 N–H and O–H groups in total. The number of benzene rings is 1. The first kappa shape index (κ1) is 16.4. The van der Waals surface area contributed by atoms with Crippen LogP contribution in [-0.2, 0) is 4.74 Å². The number of phenolic OH excluding ortho intramolecular Hbond substituents is 1. The predicted molar refractivity (Wildman–Crippen MR) is 81.4 cm³/mol. The van der Waals surface area contributed by atoms with Gasteiger partial charge in [-0.05, 0) is 17.7 Å². The van der Waals surface area contributed by atoms with Crippen LogP contribution in [0.2, 0.25) is 0 Å². The van der Waals surface area contributed by atoms with E-state index in [4.69, 9.17) is 9.84 Å². The Morgan fingerprint density at radius 2 is 1.79 bits per heavy atom. The monoisotopic (exact) mass is 336 g/mol. The van der Waals surface area contributed by atoms with E-state index in [1.807, 2.05) is 0 Å². The number of nitrogens with one attached hydrogen (secondary N) is 1. The number of hydrogen-bond donors (Lipinski definition) is 5. The summed E-state index contributed by atoms with van der Waals surface area (Å²) in [5, 5.41) is 38.3. The first-order valence-electron chi connectivity index (χ1n) is 7.19. The number of aliphatic hydroxyl groups is 3. The maximum absolute atomic E-state index is 12.0. The second-order valence-electron chi connectivity index (χ2n) is 5.49. The van der Waals surface area contributed by atoms with Gasteiger partial charge in [0.05, 0.1) is 12.2 Å². The summed E-state index contributed by atoms with van der Waals surface area (Å²) >= 11 is 0. The zero-order chi connectivity index (χ0) is 17.4. The van der Waals surface area contributed by atoms with E-state index >= 15 is 0 Å². The van der Waals surface area contributed by atoms with E-state index in [0.29, 0.717) is 5.56 Å². The first-order valence-corrected chi connectivity index (χ1v) is 7.19. The van der Waals surface area contributed by atoms with Crippen LogP contribution in [0.4, 0.5) is 0 Å². The predicted octanol–water partition coefficient (Wildman–Crippen LogP) is -1.48. The summed E-state index contributed by atoms with van der Waals surface area (Å²) < 4.78 is 6.25. The molecule has 9 nitrogen and oxygen atoms in total. The maximum atomic E-state index is 12.0. The number of phenols is 1. The van der Waals surface area contributed by atoms with Gasteiger partial charge in [-0.25, -0.2) is 4.79 Å². The standard InChI is InChI=1S/C15H16N2O7/c18-6-10-11(20)12(21)14(24-10)17-5-9(13(22)16-15(17)23)7-1-3-8(19)4-2-7/h1-5,10-12,14,18-21H,6H2,(H,16,22,23)/t10-,11-,12-,14-/m1/s1. The smallest absolute Gasteiger partial charge is 0.330 e. The van der Waals surface area contributed by atoms with Gasteiger partial charge >= 0.3 is 5.69 Å². The number of hydrogen-bond acceptors (Lipinski definition) is 7. The highest BCUT2D eigenvalue weighted by molar-refractivity contribution is 5.62. The van der Waals surface area contributed by atoms with Gasteiger partial charge in [-0.1, -0.05) is 12.1 Å². The minimum atomic E-state index is -1.45. The number of aromatic hydroxyl groups is 1. The Bertz CT molecular complexity index is 842. The van der Waals surface area contributed by atoms with E-state index in [2.05, 4.69) is 4.98 Å². The van der Waals surface area contributed by atoms with Gasteiger partial charge < -0.3 is 25.2 Å². The van der Waals surface area contributed by atoms with Crippen LogP contribution in [0.25, 0.3) is 11.1 Å². The van der Waals surface area contributed by atoms with Crippen molar-refractivity contribution in [3.05, 3.63) is 51.3 Å². The third-order valence-electron chi connectivity index (χ3n) is 3.94. The van der Waals surface area contributed by atoms with Crippen molar-refractivity contribution in [1.29, 1.82) is 0 Å². The Morgan fingerprint density at radius 1 is 1.12 bits per heavy atom. The maximum Gasteiger partial charge on any atom is 0.330 e. The summed E-state index contributed by atoms with van der Waals surface area (Å²) in [5.74, 6) is 0.0203. The second-order valence-corrected chi connectivity index (χ2v) is 5.49. The molecule has 128 valence electrons. The molecular weight excluding hydrogens is 320 g/mol. The Morgan fingerprint density at radius 3 is 2.38 bits per heavy atom. The van der Waals surface area contributed by atoms with Gasteiger partial charge in [0.15, 0.2) is 6.23 Å². The Labute approximate surface area is 135 Å². The van der Waals surface area contributed by atoms with Crippen LogP contribution in [0.1, 0.15) is 6.23 Å². The highest BCUT2D eigenvalue weighted by Gasteiger charge is 2.43. The third-order valence-corrected chi connectivity index (χ3v) is 3.94. The van der Waals surface area contributed by atoms with Crippen molar-refractivity contribution >= 4 is 0 Å². The fourth-order valence-corrected chi connectivity index (χ4v) is 2.63. The Hall–Kier alpha value is -2.46. The van der Waals surface area contributed by atoms with E-state index in [9.17, 15) is 24.9 Å². The third kappa shape index (κ3) is 2.74. The fraction of sp³-hybridized carbons (Fsp3) is 0.333. The lowest BCUT2D eigenvalue weighted by atomic mass is 10.1. The minimum Gasteiger partial charge on any atom is -0.508 e. The van der Waals surface area contributed by atoms with Gasteiger partial charge in [-0.2, -0.15) is 0 Å². The van der Waals surface area contributed by atoms with Gasteiger partial charge in [0.1, 0.15) is 24.1 Å². The van der Waals surface area contributed by atoms with Gasteiger partial charge in [0.2, 0.25) is 0 Å². The molecule has 4 atom stereocenters. The highest BCUT2D eigenvalue weighted by Crippen LogP contribution is 2.28. The van der Waals surface area contributed by atoms with Crippen molar-refractivity contribution in [2.24, 2.45) is 0 Å². The Balaban J connectivity index is 2.07. The summed E-state index contributed by atoms with van der Waals surface area (Å²) in [7, 11) is 0. The van der Waals surface area contributed by atoms with Crippen LogP contribution in [0, 0.1) is 0 Å². The van der Waals surface area contributed by atoms with Crippen molar-refractivity contribution in [1.82, 2.24) is 9.55 Å². The largest absolute Gasteiger partial charge is 0.508 e. The zero-order valence-corrected chi connectivity index (χ0v) is 12.4. The van der Waals surface area contributed by atoms with E-state index in [0.717, 1.165) is 4.57 Å². The van der Waals surface area contributed by atoms with Crippen LogP contribution in [0.3, 0.4) is 0 Å². The summed E-state index contributed by atoms with van der Waals surface area (Å²) in [5.41, 5.74) is -0.909. The molecule has 2 aromatic rings. The van der Waals surface area contributed by atoms with Crippen LogP contribution in [-0.4, -0.2) is 54.9 Å². The molecule has 0 saturated carbocycles. The molecule has 2 heterocycles. The lowest BCUT2D eigenvalue weighted by Gasteiger charge is -2.18. The lowest BCUT2D eigenvalue weighted by molar-refractivity contribution is -0.0549. The molecule has 0 spiro atoms. The molecule has 3 rings (SSSR count). The van der Waals surface area contributed by atoms with Crippen molar-refractivity contribution in [3.63, 3.8) is 0 Å². The van der Waals surface area contributed by atoms with E-state index in [1.54, 1.807) is 0 Å². The first-order chi connectivity index (χ1) is 11.4. The lowest BCUT2D eigenvalue weighted by Crippen LogP contribution is -2.38. The number of aromatic amines is 1. The van der Waals surface area contributed by atoms with Crippen LogP contribution in [0.5, 0.6) is 5.75 Å². The average Bonchev–Trinajstić information content (AvgIpc) is 2.84. The van der Waals surface area contributed by atoms with E-state index in [1.165, 1.54) is 30.5 Å². The minimum absolute atomic E-state index is 0.0203. The normalized spacial score (nSPS) is 26.6. The number of aliphatic hydroxyl groups excluding tert-OH is 3. The highest BCUT2D eigenvalue weighted by atomic mass is 16.6. The average molecular weight is 336 g/mol. The van der Waals surface area contributed by atoms with Crippen molar-refractivity contribution in [2.75, 3.05) is 6.61 Å². The molecule has 1 fully saturated rings. The summed E-state index contributed by atoms with van der Waals surface area (Å²) in [6.07, 6.45) is -3.90. The van der Waals surface area contributed by atoms with Gasteiger partial charge in [-0.3, -0.25) is 14.3 Å². The molecule has 1 aromatic heterocycles. The molecule has 1 saturated heterocycles. The zero-order valence-electron chi connectivity index (χ0n) is 12.4. The number of rotatable bonds is 3. The van der Waals surface area contributed by atoms with Crippen LogP contribution in [0.15, 0.2) is 40.1 Å². The van der Waals surface area contributed by atoms with Crippen molar-refractivity contribution in [2.45, 2.75) is 24.5 Å². The topological polar surface area (TPSA) is 145 Å². The molecule has 1 aromatic carbocycles. The molecule has 0 radical (unpaired) electrons. The summed E-state index contributed by atoms with van der Waals surface area (Å²) in [4.78, 5) is 26.2. The summed E-state index contributed by atoms with van der Waals surface area (Å²) in [6.45, 7) is -0.530. The molecule has 0 aliphatic carbocycles. The molecule has 0 bridgehead atoms. The van der Waals surface area contributed by atoms with Crippen LogP contribution >= 0.6 is 0 Å². The number of ether oxygens (including phenoxy) is 1. The molecule has 0 unspecified atom stereocenters. The molecule has 24 heavy (non-hydrogen) atoms. The molecule has 0 amide bonds. The quantitative estimate of drug-likeness (QED) is 0.459. The number of H-pyrrole nitrogens is 1. The number of aromatic nitrogens is 2. The van der Waals surface area contributed by atoms with Crippen molar-refractivity contribution in [3.8, 4) is 16.9 Å². The van der Waals surface area contributed by atoms with Gasteiger partial charge in [-0.15, -0.1) is 0 Å². The second kappa shape index (κ2) is 6.21. The Kier molecular flexibility index (Phi) is 4.24. The van der Waals surface area contributed by atoms with Crippen molar-refractivity contribution < 1.29 is 25.2 Å².